The molecule has 1 amide bonds. The van der Waals surface area contributed by atoms with E-state index in [1.807, 2.05) is 4.57 Å². The maximum absolute atomic E-state index is 11.2. The average Bonchev–Trinajstić information content (AvgIpc) is 2.43. The summed E-state index contributed by atoms with van der Waals surface area (Å²) in [6.07, 6.45) is 3.97. The third-order valence-corrected chi connectivity index (χ3v) is 1.98. The highest BCUT2D eigenvalue weighted by Crippen LogP contribution is 2.12. The van der Waals surface area contributed by atoms with Gasteiger partial charge in [-0.1, -0.05) is 0 Å². The summed E-state index contributed by atoms with van der Waals surface area (Å²) in [5.41, 5.74) is 5.57. The number of aryl methyl sites for hydroxylation is 1. The van der Waals surface area contributed by atoms with Crippen molar-refractivity contribution in [3.8, 4) is 0 Å². The van der Waals surface area contributed by atoms with Gasteiger partial charge in [0.25, 0.3) is 0 Å². The summed E-state index contributed by atoms with van der Waals surface area (Å²) in [5, 5.41) is 2.69. The standard InChI is InChI=1S/C7H10N4O/c8-5-1-2-11-4-9-3-6(11)10-7(5)12/h3-5H,1-2,8H2,(H,10,12). The second kappa shape index (κ2) is 2.60. The van der Waals surface area contributed by atoms with Crippen molar-refractivity contribution < 1.29 is 4.79 Å². The monoisotopic (exact) mass is 166 g/mol. The third kappa shape index (κ3) is 1.08. The van der Waals surface area contributed by atoms with Gasteiger partial charge >= 0.3 is 0 Å². The van der Waals surface area contributed by atoms with Crippen molar-refractivity contribution in [1.29, 1.82) is 0 Å². The molecule has 0 fully saturated rings. The molecule has 0 radical (unpaired) electrons. The number of rotatable bonds is 0. The quantitative estimate of drug-likeness (QED) is 0.548. The molecular formula is C7H10N4O. The van der Waals surface area contributed by atoms with E-state index in [0.717, 1.165) is 12.4 Å². The number of hydrogen-bond donors (Lipinski definition) is 2. The molecule has 5 nitrogen and oxygen atoms in total. The molecule has 1 aromatic rings. The minimum Gasteiger partial charge on any atom is -0.320 e. The van der Waals surface area contributed by atoms with Crippen molar-refractivity contribution in [3.63, 3.8) is 0 Å². The molecule has 0 aliphatic carbocycles. The minimum atomic E-state index is -0.398. The first-order chi connectivity index (χ1) is 5.77. The number of amides is 1. The van der Waals surface area contributed by atoms with Crippen molar-refractivity contribution in [2.75, 3.05) is 5.32 Å². The van der Waals surface area contributed by atoms with Crippen LogP contribution in [0.4, 0.5) is 5.82 Å². The SMILES string of the molecule is NC1CCn2cncc2NC1=O. The van der Waals surface area contributed by atoms with Crippen LogP contribution < -0.4 is 11.1 Å². The predicted molar refractivity (Wildman–Crippen MR) is 43.4 cm³/mol. The van der Waals surface area contributed by atoms with Crippen molar-refractivity contribution in [3.05, 3.63) is 12.5 Å². The fourth-order valence-electron chi connectivity index (χ4n) is 1.23. The summed E-state index contributed by atoms with van der Waals surface area (Å²) in [7, 11) is 0. The van der Waals surface area contributed by atoms with E-state index in [-0.39, 0.29) is 5.91 Å². The van der Waals surface area contributed by atoms with Crippen LogP contribution in [0.15, 0.2) is 12.5 Å². The minimum absolute atomic E-state index is 0.130. The molecule has 1 aromatic heterocycles. The Hall–Kier alpha value is -1.36. The maximum Gasteiger partial charge on any atom is 0.242 e. The van der Waals surface area contributed by atoms with Gasteiger partial charge in [-0.15, -0.1) is 0 Å². The van der Waals surface area contributed by atoms with E-state index in [9.17, 15) is 4.79 Å². The number of imidazole rings is 1. The molecule has 2 heterocycles. The molecule has 64 valence electrons. The third-order valence-electron chi connectivity index (χ3n) is 1.98. The normalized spacial score (nSPS) is 22.8. The van der Waals surface area contributed by atoms with Gasteiger partial charge in [-0.3, -0.25) is 4.79 Å². The van der Waals surface area contributed by atoms with Crippen LogP contribution >= 0.6 is 0 Å². The first-order valence-electron chi connectivity index (χ1n) is 3.84. The number of nitrogens with two attached hydrogens (primary N) is 1. The van der Waals surface area contributed by atoms with Crippen LogP contribution in [0.3, 0.4) is 0 Å². The van der Waals surface area contributed by atoms with E-state index >= 15 is 0 Å². The van der Waals surface area contributed by atoms with Gasteiger partial charge in [0.15, 0.2) is 0 Å². The average molecular weight is 166 g/mol. The second-order valence-corrected chi connectivity index (χ2v) is 2.86. The fraction of sp³-hybridized carbons (Fsp3) is 0.429. The van der Waals surface area contributed by atoms with E-state index in [1.54, 1.807) is 12.5 Å². The first kappa shape index (κ1) is 7.30. The van der Waals surface area contributed by atoms with Gasteiger partial charge in [-0.05, 0) is 6.42 Å². The molecule has 0 spiro atoms. The topological polar surface area (TPSA) is 72.9 Å². The highest BCUT2D eigenvalue weighted by atomic mass is 16.2. The molecule has 0 aromatic carbocycles. The van der Waals surface area contributed by atoms with Gasteiger partial charge < -0.3 is 15.6 Å². The summed E-state index contributed by atoms with van der Waals surface area (Å²) in [6, 6.07) is -0.398. The van der Waals surface area contributed by atoms with E-state index < -0.39 is 6.04 Å². The lowest BCUT2D eigenvalue weighted by molar-refractivity contribution is -0.117. The van der Waals surface area contributed by atoms with Gasteiger partial charge in [-0.25, -0.2) is 4.98 Å². The summed E-state index contributed by atoms with van der Waals surface area (Å²) < 4.78 is 1.88. The zero-order valence-electron chi connectivity index (χ0n) is 6.53. The largest absolute Gasteiger partial charge is 0.320 e. The molecule has 1 atom stereocenters. The van der Waals surface area contributed by atoms with Gasteiger partial charge in [0, 0.05) is 6.54 Å². The Balaban J connectivity index is 2.30. The molecule has 1 aliphatic rings. The number of carbonyl (C=O) groups is 1. The zero-order chi connectivity index (χ0) is 8.55. The fourth-order valence-corrected chi connectivity index (χ4v) is 1.23. The van der Waals surface area contributed by atoms with Gasteiger partial charge in [-0.2, -0.15) is 0 Å². The van der Waals surface area contributed by atoms with Crippen molar-refractivity contribution in [1.82, 2.24) is 9.55 Å². The van der Waals surface area contributed by atoms with Crippen LogP contribution in [-0.4, -0.2) is 21.5 Å². The van der Waals surface area contributed by atoms with Crippen LogP contribution in [0.5, 0.6) is 0 Å². The van der Waals surface area contributed by atoms with E-state index in [4.69, 9.17) is 5.73 Å². The van der Waals surface area contributed by atoms with Gasteiger partial charge in [0.1, 0.15) is 5.82 Å². The number of aromatic nitrogens is 2. The van der Waals surface area contributed by atoms with Crippen LogP contribution in [0.1, 0.15) is 6.42 Å². The Morgan fingerprint density at radius 1 is 1.75 bits per heavy atom. The molecule has 0 saturated carbocycles. The number of nitrogens with one attached hydrogen (secondary N) is 1. The maximum atomic E-state index is 11.2. The molecule has 2 rings (SSSR count). The summed E-state index contributed by atoms with van der Waals surface area (Å²) in [4.78, 5) is 15.1. The van der Waals surface area contributed by atoms with Crippen LogP contribution in [0.2, 0.25) is 0 Å². The van der Waals surface area contributed by atoms with Gasteiger partial charge in [0.2, 0.25) is 5.91 Å². The Bertz CT molecular complexity index is 306. The zero-order valence-corrected chi connectivity index (χ0v) is 6.53. The highest BCUT2D eigenvalue weighted by Gasteiger charge is 2.19. The Morgan fingerprint density at radius 2 is 2.58 bits per heavy atom. The molecule has 5 heteroatoms. The Morgan fingerprint density at radius 3 is 3.42 bits per heavy atom. The number of nitrogens with zero attached hydrogens (tertiary/aromatic N) is 2. The lowest BCUT2D eigenvalue weighted by Gasteiger charge is -2.03. The predicted octanol–water partition coefficient (Wildman–Crippen LogP) is -0.447. The summed E-state index contributed by atoms with van der Waals surface area (Å²) in [6.45, 7) is 0.745. The molecule has 1 aliphatic heterocycles. The molecule has 3 N–H and O–H groups in total. The van der Waals surface area contributed by atoms with Crippen LogP contribution in [-0.2, 0) is 11.3 Å². The molecular weight excluding hydrogens is 156 g/mol. The second-order valence-electron chi connectivity index (χ2n) is 2.86. The van der Waals surface area contributed by atoms with Crippen molar-refractivity contribution in [2.45, 2.75) is 19.0 Å². The van der Waals surface area contributed by atoms with Crippen molar-refractivity contribution >= 4 is 11.7 Å². The molecule has 0 bridgehead atoms. The lowest BCUT2D eigenvalue weighted by atomic mass is 10.2. The highest BCUT2D eigenvalue weighted by molar-refractivity contribution is 5.94. The first-order valence-corrected chi connectivity index (χ1v) is 3.84. The van der Waals surface area contributed by atoms with Crippen LogP contribution in [0.25, 0.3) is 0 Å². The molecule has 12 heavy (non-hydrogen) atoms. The lowest BCUT2D eigenvalue weighted by Crippen LogP contribution is -2.34. The summed E-state index contributed by atoms with van der Waals surface area (Å²) >= 11 is 0. The smallest absolute Gasteiger partial charge is 0.242 e. The van der Waals surface area contributed by atoms with E-state index in [0.29, 0.717) is 6.42 Å². The number of anilines is 1. The van der Waals surface area contributed by atoms with E-state index in [2.05, 4.69) is 10.3 Å². The molecule has 1 unspecified atom stereocenters. The summed E-state index contributed by atoms with van der Waals surface area (Å²) in [5.74, 6) is 0.599. The van der Waals surface area contributed by atoms with Gasteiger partial charge in [0.05, 0.1) is 18.6 Å². The Labute approximate surface area is 69.6 Å². The van der Waals surface area contributed by atoms with Crippen molar-refractivity contribution in [2.24, 2.45) is 5.73 Å². The Kier molecular flexibility index (Phi) is 1.58. The number of hydrogen-bond acceptors (Lipinski definition) is 3. The number of fused-ring (bicyclic) bond motifs is 1. The number of carbonyl (C=O) groups excluding carboxylic acids is 1. The van der Waals surface area contributed by atoms with Crippen LogP contribution in [0, 0.1) is 0 Å². The van der Waals surface area contributed by atoms with E-state index in [1.165, 1.54) is 0 Å². The molecule has 0 saturated heterocycles.